The fourth-order valence-corrected chi connectivity index (χ4v) is 2.34. The predicted molar refractivity (Wildman–Crippen MR) is 64.4 cm³/mol. The number of hydrogen-bond donors (Lipinski definition) is 1. The molecule has 1 rings (SSSR count). The monoisotopic (exact) mass is 268 g/mol. The summed E-state index contributed by atoms with van der Waals surface area (Å²) in [7, 11) is 0. The molecule has 1 fully saturated rings. The van der Waals surface area contributed by atoms with Crippen LogP contribution in [0.15, 0.2) is 0 Å². The minimum Gasteiger partial charge on any atom is -0.313 e. The molecular formula is C12H23F3N2O. The van der Waals surface area contributed by atoms with E-state index in [1.807, 2.05) is 0 Å². The molecular weight excluding hydrogens is 245 g/mol. The van der Waals surface area contributed by atoms with Gasteiger partial charge in [-0.3, -0.25) is 9.64 Å². The summed E-state index contributed by atoms with van der Waals surface area (Å²) in [6.45, 7) is 5.96. The molecule has 0 saturated carbocycles. The van der Waals surface area contributed by atoms with E-state index in [9.17, 15) is 13.2 Å². The van der Waals surface area contributed by atoms with E-state index in [4.69, 9.17) is 0 Å². The second kappa shape index (κ2) is 7.31. The topological polar surface area (TPSA) is 24.5 Å². The molecule has 1 aliphatic heterocycles. The van der Waals surface area contributed by atoms with Gasteiger partial charge in [-0.25, -0.2) is 0 Å². The van der Waals surface area contributed by atoms with E-state index in [1.165, 1.54) is 0 Å². The van der Waals surface area contributed by atoms with Crippen molar-refractivity contribution in [2.24, 2.45) is 0 Å². The van der Waals surface area contributed by atoms with E-state index in [0.717, 1.165) is 32.4 Å². The zero-order valence-electron chi connectivity index (χ0n) is 11.1. The highest BCUT2D eigenvalue weighted by Gasteiger charge is 2.30. The smallest absolute Gasteiger partial charge is 0.313 e. The van der Waals surface area contributed by atoms with Crippen molar-refractivity contribution < 1.29 is 17.9 Å². The summed E-state index contributed by atoms with van der Waals surface area (Å²) >= 11 is 0. The molecule has 108 valence electrons. The van der Waals surface area contributed by atoms with Gasteiger partial charge in [-0.1, -0.05) is 13.3 Å². The average Bonchev–Trinajstić information content (AvgIpc) is 2.41. The third-order valence-electron chi connectivity index (χ3n) is 3.35. The van der Waals surface area contributed by atoms with E-state index in [2.05, 4.69) is 28.8 Å². The van der Waals surface area contributed by atoms with Crippen LogP contribution in [0.2, 0.25) is 0 Å². The van der Waals surface area contributed by atoms with Crippen LogP contribution in [0.3, 0.4) is 0 Å². The van der Waals surface area contributed by atoms with Gasteiger partial charge >= 0.3 is 6.36 Å². The zero-order valence-corrected chi connectivity index (χ0v) is 11.1. The van der Waals surface area contributed by atoms with Crippen molar-refractivity contribution >= 4 is 0 Å². The van der Waals surface area contributed by atoms with Crippen molar-refractivity contribution in [1.29, 1.82) is 0 Å². The van der Waals surface area contributed by atoms with Gasteiger partial charge < -0.3 is 5.32 Å². The lowest BCUT2D eigenvalue weighted by Gasteiger charge is -2.29. The van der Waals surface area contributed by atoms with E-state index in [-0.39, 0.29) is 6.61 Å². The lowest BCUT2D eigenvalue weighted by Crippen LogP contribution is -2.42. The van der Waals surface area contributed by atoms with Gasteiger partial charge in [0.2, 0.25) is 0 Å². The first-order chi connectivity index (χ1) is 8.42. The van der Waals surface area contributed by atoms with Crippen molar-refractivity contribution in [2.45, 2.75) is 51.6 Å². The van der Waals surface area contributed by atoms with E-state index < -0.39 is 6.36 Å². The Labute approximate surface area is 107 Å². The minimum absolute atomic E-state index is 0.285. The quantitative estimate of drug-likeness (QED) is 0.828. The van der Waals surface area contributed by atoms with Gasteiger partial charge in [-0.2, -0.15) is 0 Å². The van der Waals surface area contributed by atoms with E-state index >= 15 is 0 Å². The molecule has 0 aromatic rings. The highest BCUT2D eigenvalue weighted by Crippen LogP contribution is 2.17. The third kappa shape index (κ3) is 6.02. The van der Waals surface area contributed by atoms with Crippen LogP contribution in [0.1, 0.15) is 33.1 Å². The Morgan fingerprint density at radius 3 is 2.72 bits per heavy atom. The molecule has 1 aliphatic rings. The standard InChI is InChI=1S/C12H23F3N2O/c1-3-4-11-9-17(10(2)5-6-16-11)7-8-18-12(13,14)15/h10-11,16H,3-9H2,1-2H3. The third-order valence-corrected chi connectivity index (χ3v) is 3.35. The van der Waals surface area contributed by atoms with Crippen LogP contribution in [0, 0.1) is 0 Å². The maximum absolute atomic E-state index is 11.9. The Morgan fingerprint density at radius 2 is 2.11 bits per heavy atom. The SMILES string of the molecule is CCCC1CN(CCOC(F)(F)F)C(C)CCN1. The van der Waals surface area contributed by atoms with Crippen LogP contribution in [0.4, 0.5) is 13.2 Å². The molecule has 2 atom stereocenters. The van der Waals surface area contributed by atoms with Gasteiger partial charge in [0.15, 0.2) is 0 Å². The molecule has 6 heteroatoms. The van der Waals surface area contributed by atoms with Gasteiger partial charge in [-0.15, -0.1) is 13.2 Å². The van der Waals surface area contributed by atoms with Crippen LogP contribution in [-0.4, -0.2) is 49.6 Å². The highest BCUT2D eigenvalue weighted by molar-refractivity contribution is 4.80. The molecule has 18 heavy (non-hydrogen) atoms. The Morgan fingerprint density at radius 1 is 1.39 bits per heavy atom. The van der Waals surface area contributed by atoms with Gasteiger partial charge in [0.1, 0.15) is 0 Å². The normalized spacial score (nSPS) is 27.2. The van der Waals surface area contributed by atoms with E-state index in [1.54, 1.807) is 0 Å². The molecule has 0 aromatic heterocycles. The first-order valence-electron chi connectivity index (χ1n) is 6.60. The lowest BCUT2D eigenvalue weighted by molar-refractivity contribution is -0.325. The molecule has 0 aromatic carbocycles. The van der Waals surface area contributed by atoms with Crippen LogP contribution in [-0.2, 0) is 4.74 Å². The molecule has 1 heterocycles. The Bertz CT molecular complexity index is 236. The lowest BCUT2D eigenvalue weighted by atomic mass is 10.1. The van der Waals surface area contributed by atoms with Gasteiger partial charge in [0.25, 0.3) is 0 Å². The Kier molecular flexibility index (Phi) is 6.38. The molecule has 1 N–H and O–H groups in total. The summed E-state index contributed by atoms with van der Waals surface area (Å²) in [5, 5.41) is 3.44. The van der Waals surface area contributed by atoms with Crippen molar-refractivity contribution in [3.8, 4) is 0 Å². The number of ether oxygens (including phenoxy) is 1. The number of rotatable bonds is 5. The number of hydrogen-bond acceptors (Lipinski definition) is 3. The molecule has 0 bridgehead atoms. The largest absolute Gasteiger partial charge is 0.522 e. The summed E-state index contributed by atoms with van der Waals surface area (Å²) in [4.78, 5) is 2.09. The predicted octanol–water partition coefficient (Wildman–Crippen LogP) is 2.38. The number of nitrogens with one attached hydrogen (secondary N) is 1. The van der Waals surface area contributed by atoms with Crippen LogP contribution >= 0.6 is 0 Å². The molecule has 2 unspecified atom stereocenters. The number of halogens is 3. The van der Waals surface area contributed by atoms with Crippen LogP contribution in [0.25, 0.3) is 0 Å². The molecule has 0 amide bonds. The fraction of sp³-hybridized carbons (Fsp3) is 1.00. The average molecular weight is 268 g/mol. The van der Waals surface area contributed by atoms with Crippen molar-refractivity contribution in [3.05, 3.63) is 0 Å². The number of alkyl halides is 3. The van der Waals surface area contributed by atoms with Crippen LogP contribution in [0.5, 0.6) is 0 Å². The summed E-state index contributed by atoms with van der Waals surface area (Å²) in [6.07, 6.45) is -1.41. The highest BCUT2D eigenvalue weighted by atomic mass is 19.4. The van der Waals surface area contributed by atoms with Crippen molar-refractivity contribution in [3.63, 3.8) is 0 Å². The van der Waals surface area contributed by atoms with Crippen LogP contribution < -0.4 is 5.32 Å². The first-order valence-corrected chi connectivity index (χ1v) is 6.60. The molecule has 3 nitrogen and oxygen atoms in total. The molecule has 0 spiro atoms. The maximum Gasteiger partial charge on any atom is 0.522 e. The summed E-state index contributed by atoms with van der Waals surface area (Å²) in [5.74, 6) is 0. The zero-order chi connectivity index (χ0) is 13.6. The Hall–Kier alpha value is -0.330. The second-order valence-electron chi connectivity index (χ2n) is 4.87. The van der Waals surface area contributed by atoms with Crippen molar-refractivity contribution in [2.75, 3.05) is 26.2 Å². The molecule has 1 saturated heterocycles. The maximum atomic E-state index is 11.9. The first kappa shape index (κ1) is 15.7. The number of nitrogens with zero attached hydrogens (tertiary/aromatic N) is 1. The Balaban J connectivity index is 2.39. The van der Waals surface area contributed by atoms with Gasteiger partial charge in [0.05, 0.1) is 6.61 Å². The minimum atomic E-state index is -4.52. The second-order valence-corrected chi connectivity index (χ2v) is 4.87. The molecule has 0 radical (unpaired) electrons. The molecule has 0 aliphatic carbocycles. The summed E-state index contributed by atoms with van der Waals surface area (Å²) in [5.41, 5.74) is 0. The fourth-order valence-electron chi connectivity index (χ4n) is 2.34. The van der Waals surface area contributed by atoms with Gasteiger partial charge in [-0.05, 0) is 26.3 Å². The summed E-state index contributed by atoms with van der Waals surface area (Å²) < 4.78 is 39.6. The van der Waals surface area contributed by atoms with E-state index in [0.29, 0.717) is 18.6 Å². The van der Waals surface area contributed by atoms with Crippen molar-refractivity contribution in [1.82, 2.24) is 10.2 Å². The summed E-state index contributed by atoms with van der Waals surface area (Å²) in [6, 6.07) is 0.682. The van der Waals surface area contributed by atoms with Gasteiger partial charge in [0, 0.05) is 25.2 Å².